The van der Waals surface area contributed by atoms with Crippen molar-refractivity contribution >= 4 is 13.8 Å². The monoisotopic (exact) mass is 761 g/mol. The Morgan fingerprint density at radius 3 is 1.46 bits per heavy atom. The molecule has 0 fully saturated rings. The van der Waals surface area contributed by atoms with Gasteiger partial charge in [-0.2, -0.15) is 0 Å². The number of phosphoric acid groups is 1. The van der Waals surface area contributed by atoms with Crippen molar-refractivity contribution in [2.45, 2.75) is 206 Å². The summed E-state index contributed by atoms with van der Waals surface area (Å²) in [6.45, 7) is 5.64. The maximum atomic E-state index is 12.7. The number of hydrogen-bond acceptors (Lipinski definition) is 6. The molecular weight excluding hydrogens is 673 g/mol. The second kappa shape index (κ2) is 37.2. The van der Waals surface area contributed by atoms with Gasteiger partial charge in [0.15, 0.2) is 0 Å². The molecular formula is C43H87NO7P+. The zero-order valence-corrected chi connectivity index (χ0v) is 36.0. The summed E-state index contributed by atoms with van der Waals surface area (Å²) < 4.78 is 35.0. The normalized spacial score (nSPS) is 13.9. The maximum absolute atomic E-state index is 12.7. The number of hydrogen-bond donors (Lipinski definition) is 1. The molecule has 0 amide bonds. The summed E-state index contributed by atoms with van der Waals surface area (Å²) in [5.41, 5.74) is 0. The Bertz CT molecular complexity index is 848. The van der Waals surface area contributed by atoms with Crippen LogP contribution in [0.3, 0.4) is 0 Å². The Morgan fingerprint density at radius 1 is 0.577 bits per heavy atom. The van der Waals surface area contributed by atoms with E-state index in [0.717, 1.165) is 38.5 Å². The predicted octanol–water partition coefficient (Wildman–Crippen LogP) is 12.7. The molecule has 2 unspecified atom stereocenters. The average Bonchev–Trinajstić information content (AvgIpc) is 3.09. The second-order valence-corrected chi connectivity index (χ2v) is 17.5. The number of quaternary nitrogens is 1. The molecule has 0 aromatic carbocycles. The van der Waals surface area contributed by atoms with Crippen molar-refractivity contribution in [2.75, 3.05) is 54.1 Å². The van der Waals surface area contributed by atoms with Gasteiger partial charge in [-0.1, -0.05) is 167 Å². The fourth-order valence-corrected chi connectivity index (χ4v) is 6.88. The van der Waals surface area contributed by atoms with Crippen molar-refractivity contribution in [1.29, 1.82) is 0 Å². The Kier molecular flexibility index (Phi) is 36.6. The van der Waals surface area contributed by atoms with Gasteiger partial charge in [-0.05, 0) is 38.5 Å². The first-order valence-electron chi connectivity index (χ1n) is 21.9. The van der Waals surface area contributed by atoms with E-state index in [1.807, 2.05) is 21.1 Å². The first-order chi connectivity index (χ1) is 25.1. The average molecular weight is 761 g/mol. The summed E-state index contributed by atoms with van der Waals surface area (Å²) in [5, 5.41) is 0. The maximum Gasteiger partial charge on any atom is 0.472 e. The molecule has 0 aromatic rings. The van der Waals surface area contributed by atoms with Gasteiger partial charge in [-0.15, -0.1) is 0 Å². The van der Waals surface area contributed by atoms with Gasteiger partial charge < -0.3 is 18.9 Å². The van der Waals surface area contributed by atoms with Crippen LogP contribution < -0.4 is 0 Å². The Morgan fingerprint density at radius 2 is 1.00 bits per heavy atom. The third-order valence-corrected chi connectivity index (χ3v) is 10.6. The Hall–Kier alpha value is -0.760. The predicted molar refractivity (Wildman–Crippen MR) is 220 cm³/mol. The van der Waals surface area contributed by atoms with Gasteiger partial charge in [0.25, 0.3) is 0 Å². The highest BCUT2D eigenvalue weighted by molar-refractivity contribution is 7.47. The molecule has 0 heterocycles. The Balaban J connectivity index is 4.21. The number of allylic oxidation sites excluding steroid dienone is 2. The number of carbonyl (C=O) groups is 1. The van der Waals surface area contributed by atoms with Gasteiger partial charge in [-0.25, -0.2) is 4.57 Å². The van der Waals surface area contributed by atoms with Crippen LogP contribution in [0.2, 0.25) is 0 Å². The van der Waals surface area contributed by atoms with Crippen LogP contribution in [0.4, 0.5) is 0 Å². The van der Waals surface area contributed by atoms with E-state index in [9.17, 15) is 14.3 Å². The molecule has 0 saturated heterocycles. The quantitative estimate of drug-likeness (QED) is 0.0218. The highest BCUT2D eigenvalue weighted by Gasteiger charge is 2.26. The van der Waals surface area contributed by atoms with E-state index in [2.05, 4.69) is 26.0 Å². The van der Waals surface area contributed by atoms with E-state index in [-0.39, 0.29) is 25.8 Å². The van der Waals surface area contributed by atoms with Crippen LogP contribution in [-0.2, 0) is 27.9 Å². The molecule has 1 N–H and O–H groups in total. The molecule has 52 heavy (non-hydrogen) atoms. The fourth-order valence-electron chi connectivity index (χ4n) is 6.14. The molecule has 0 aromatic heterocycles. The largest absolute Gasteiger partial charge is 0.472 e. The van der Waals surface area contributed by atoms with Crippen molar-refractivity contribution in [3.8, 4) is 0 Å². The minimum atomic E-state index is -4.27. The number of phosphoric ester groups is 1. The van der Waals surface area contributed by atoms with Crippen LogP contribution in [0.15, 0.2) is 12.2 Å². The molecule has 9 heteroatoms. The minimum Gasteiger partial charge on any atom is -0.457 e. The van der Waals surface area contributed by atoms with E-state index in [0.29, 0.717) is 24.1 Å². The van der Waals surface area contributed by atoms with Crippen LogP contribution in [0.25, 0.3) is 0 Å². The molecule has 0 radical (unpaired) electrons. The number of rotatable bonds is 41. The van der Waals surface area contributed by atoms with Crippen LogP contribution >= 0.6 is 7.82 Å². The molecule has 0 aliphatic carbocycles. The highest BCUT2D eigenvalue weighted by Crippen LogP contribution is 2.43. The van der Waals surface area contributed by atoms with Crippen molar-refractivity contribution in [2.24, 2.45) is 0 Å². The molecule has 0 aliphatic heterocycles. The summed E-state index contributed by atoms with van der Waals surface area (Å²) in [6, 6.07) is 0. The lowest BCUT2D eigenvalue weighted by Gasteiger charge is -2.24. The van der Waals surface area contributed by atoms with E-state index < -0.39 is 13.9 Å². The van der Waals surface area contributed by atoms with E-state index >= 15 is 0 Å². The van der Waals surface area contributed by atoms with E-state index in [1.54, 1.807) is 0 Å². The summed E-state index contributed by atoms with van der Waals surface area (Å²) in [6.07, 6.45) is 39.5. The van der Waals surface area contributed by atoms with Gasteiger partial charge in [-0.3, -0.25) is 13.8 Å². The summed E-state index contributed by atoms with van der Waals surface area (Å²) in [7, 11) is 1.67. The minimum absolute atomic E-state index is 0.0902. The zero-order chi connectivity index (χ0) is 38.4. The molecule has 0 bridgehead atoms. The molecule has 0 saturated carbocycles. The molecule has 0 spiro atoms. The number of nitrogens with zero attached hydrogens (tertiary/aromatic N) is 1. The van der Waals surface area contributed by atoms with Crippen molar-refractivity contribution < 1.29 is 37.3 Å². The fraction of sp³-hybridized carbons (Fsp3) is 0.930. The van der Waals surface area contributed by atoms with Gasteiger partial charge in [0.1, 0.15) is 19.3 Å². The molecule has 2 atom stereocenters. The number of unbranched alkanes of at least 4 members (excludes halogenated alkanes) is 25. The van der Waals surface area contributed by atoms with Gasteiger partial charge in [0, 0.05) is 13.0 Å². The van der Waals surface area contributed by atoms with Gasteiger partial charge >= 0.3 is 13.8 Å². The zero-order valence-electron chi connectivity index (χ0n) is 35.1. The number of esters is 1. The van der Waals surface area contributed by atoms with Crippen molar-refractivity contribution in [3.63, 3.8) is 0 Å². The molecule has 310 valence electrons. The second-order valence-electron chi connectivity index (χ2n) is 16.1. The first kappa shape index (κ1) is 51.2. The third-order valence-electron chi connectivity index (χ3n) is 9.58. The van der Waals surface area contributed by atoms with Crippen molar-refractivity contribution in [3.05, 3.63) is 12.2 Å². The van der Waals surface area contributed by atoms with Gasteiger partial charge in [0.05, 0.1) is 34.4 Å². The lowest BCUT2D eigenvalue weighted by molar-refractivity contribution is -0.870. The lowest BCUT2D eigenvalue weighted by Crippen LogP contribution is -2.37. The Labute approximate surface area is 322 Å². The molecule has 8 nitrogen and oxygen atoms in total. The third kappa shape index (κ3) is 40.4. The SMILES string of the molecule is CCCCCCC/C=C\CCCCCCCC(=O)OC(COCCCCCCCCCCCCCCCCCC)COP(=O)(O)OCC[N+](C)(C)C. The lowest BCUT2D eigenvalue weighted by atomic mass is 10.0. The summed E-state index contributed by atoms with van der Waals surface area (Å²) >= 11 is 0. The summed E-state index contributed by atoms with van der Waals surface area (Å²) in [5.74, 6) is -0.319. The summed E-state index contributed by atoms with van der Waals surface area (Å²) in [4.78, 5) is 22.8. The molecule has 0 aliphatic rings. The van der Waals surface area contributed by atoms with Crippen LogP contribution in [0.5, 0.6) is 0 Å². The van der Waals surface area contributed by atoms with E-state index in [4.69, 9.17) is 18.5 Å². The number of ether oxygens (including phenoxy) is 2. The standard InChI is InChI=1S/C43H86NO7P/c1-6-8-10-12-14-16-18-20-22-23-25-27-29-31-33-35-38-48-40-42(41-50-52(46,47)49-39-37-44(3,4)5)51-43(45)36-34-32-30-28-26-24-21-19-17-15-13-11-9-7-2/h19,21,42H,6-18,20,22-41H2,1-5H3/p+1/b21-19-. The van der Waals surface area contributed by atoms with Gasteiger partial charge in [0.2, 0.25) is 0 Å². The van der Waals surface area contributed by atoms with Crippen molar-refractivity contribution in [1.82, 2.24) is 0 Å². The first-order valence-corrected chi connectivity index (χ1v) is 23.4. The number of likely N-dealkylation sites (N-methyl/N-ethyl adjacent to an activating group) is 1. The van der Waals surface area contributed by atoms with Crippen LogP contribution in [0, 0.1) is 0 Å². The number of carbonyl (C=O) groups excluding carboxylic acids is 1. The smallest absolute Gasteiger partial charge is 0.457 e. The topological polar surface area (TPSA) is 91.3 Å². The highest BCUT2D eigenvalue weighted by atomic mass is 31.2. The molecule has 0 rings (SSSR count). The van der Waals surface area contributed by atoms with Crippen LogP contribution in [-0.4, -0.2) is 75.6 Å². The van der Waals surface area contributed by atoms with E-state index in [1.165, 1.54) is 141 Å². The van der Waals surface area contributed by atoms with Crippen LogP contribution in [0.1, 0.15) is 200 Å².